The van der Waals surface area contributed by atoms with Gasteiger partial charge in [-0.25, -0.2) is 4.79 Å². The van der Waals surface area contributed by atoms with E-state index in [0.717, 1.165) is 16.7 Å². The number of para-hydroxylation sites is 1. The first kappa shape index (κ1) is 20.8. The lowest BCUT2D eigenvalue weighted by Gasteiger charge is -2.13. The maximum Gasteiger partial charge on any atom is 0.341 e. The normalized spacial score (nSPS) is 15.1. The van der Waals surface area contributed by atoms with Crippen molar-refractivity contribution in [2.75, 3.05) is 19.8 Å². The lowest BCUT2D eigenvalue weighted by molar-refractivity contribution is -0.139. The molecule has 2 aromatic carbocycles. The first-order chi connectivity index (χ1) is 13.9. The van der Waals surface area contributed by atoms with Gasteiger partial charge in [0.25, 0.3) is 11.1 Å². The van der Waals surface area contributed by atoms with Crippen molar-refractivity contribution in [3.8, 4) is 11.5 Å². The molecule has 150 valence electrons. The summed E-state index contributed by atoms with van der Waals surface area (Å²) in [7, 11) is 0. The molecule has 1 fully saturated rings. The number of halogens is 1. The average Bonchev–Trinajstić information content (AvgIpc) is 2.95. The second-order valence-corrected chi connectivity index (χ2v) is 7.27. The lowest BCUT2D eigenvalue weighted by atomic mass is 10.2. The molecular weight excluding hydrogens is 418 g/mol. The topological polar surface area (TPSA) is 93.1 Å². The molecule has 9 heteroatoms. The van der Waals surface area contributed by atoms with Crippen molar-refractivity contribution < 1.29 is 29.0 Å². The first-order valence-electron chi connectivity index (χ1n) is 8.51. The van der Waals surface area contributed by atoms with E-state index in [1.807, 2.05) is 0 Å². The molecule has 0 bridgehead atoms. The van der Waals surface area contributed by atoms with Crippen molar-refractivity contribution in [2.24, 2.45) is 0 Å². The highest BCUT2D eigenvalue weighted by atomic mass is 35.5. The van der Waals surface area contributed by atoms with Crippen LogP contribution < -0.4 is 9.47 Å². The third kappa shape index (κ3) is 5.52. The van der Waals surface area contributed by atoms with Crippen molar-refractivity contribution in [1.82, 2.24) is 4.90 Å². The zero-order chi connectivity index (χ0) is 20.8. The predicted molar refractivity (Wildman–Crippen MR) is 109 cm³/mol. The summed E-state index contributed by atoms with van der Waals surface area (Å²) >= 11 is 6.85. The van der Waals surface area contributed by atoms with Crippen LogP contribution in [0.4, 0.5) is 4.79 Å². The molecule has 1 heterocycles. The quantitative estimate of drug-likeness (QED) is 0.630. The Balaban J connectivity index is 1.63. The van der Waals surface area contributed by atoms with Gasteiger partial charge >= 0.3 is 5.97 Å². The summed E-state index contributed by atoms with van der Waals surface area (Å²) in [6.45, 7) is -0.256. The number of carboxylic acids is 1. The van der Waals surface area contributed by atoms with Crippen molar-refractivity contribution >= 4 is 46.6 Å². The van der Waals surface area contributed by atoms with Gasteiger partial charge in [0.2, 0.25) is 0 Å². The fraction of sp³-hybridized carbons (Fsp3) is 0.150. The van der Waals surface area contributed by atoms with E-state index in [0.29, 0.717) is 22.1 Å². The molecule has 0 aliphatic carbocycles. The number of hydrogen-bond acceptors (Lipinski definition) is 6. The highest BCUT2D eigenvalue weighted by Gasteiger charge is 2.34. The molecule has 2 amide bonds. The smallest absolute Gasteiger partial charge is 0.341 e. The summed E-state index contributed by atoms with van der Waals surface area (Å²) in [5, 5.41) is 8.74. The zero-order valence-corrected chi connectivity index (χ0v) is 16.6. The summed E-state index contributed by atoms with van der Waals surface area (Å²) in [5.74, 6) is -0.668. The van der Waals surface area contributed by atoms with Gasteiger partial charge in [0, 0.05) is 0 Å². The number of amides is 2. The molecule has 0 saturated carbocycles. The van der Waals surface area contributed by atoms with E-state index in [9.17, 15) is 14.4 Å². The molecule has 1 aliphatic heterocycles. The lowest BCUT2D eigenvalue weighted by Crippen LogP contribution is -2.32. The van der Waals surface area contributed by atoms with Gasteiger partial charge in [-0.05, 0) is 47.7 Å². The maximum atomic E-state index is 12.6. The fourth-order valence-corrected chi connectivity index (χ4v) is 3.55. The Morgan fingerprint density at radius 2 is 1.93 bits per heavy atom. The van der Waals surface area contributed by atoms with E-state index >= 15 is 0 Å². The molecule has 0 unspecified atom stereocenters. The molecule has 2 aromatic rings. The molecule has 3 rings (SSSR count). The van der Waals surface area contributed by atoms with E-state index in [2.05, 4.69) is 0 Å². The number of rotatable bonds is 8. The van der Waals surface area contributed by atoms with Gasteiger partial charge in [0.1, 0.15) is 18.1 Å². The number of aliphatic carboxylic acids is 1. The molecule has 1 saturated heterocycles. The van der Waals surface area contributed by atoms with E-state index < -0.39 is 18.5 Å². The summed E-state index contributed by atoms with van der Waals surface area (Å²) in [6.07, 6.45) is 1.56. The van der Waals surface area contributed by atoms with Crippen LogP contribution in [0.2, 0.25) is 5.02 Å². The van der Waals surface area contributed by atoms with Crippen LogP contribution in [0.5, 0.6) is 11.5 Å². The van der Waals surface area contributed by atoms with Gasteiger partial charge in [0.05, 0.1) is 16.5 Å². The first-order valence-corrected chi connectivity index (χ1v) is 9.71. The maximum absolute atomic E-state index is 12.6. The van der Waals surface area contributed by atoms with Gasteiger partial charge in [-0.1, -0.05) is 35.9 Å². The van der Waals surface area contributed by atoms with Crippen LogP contribution >= 0.6 is 23.4 Å². The number of benzene rings is 2. The van der Waals surface area contributed by atoms with Crippen molar-refractivity contribution in [1.29, 1.82) is 0 Å². The van der Waals surface area contributed by atoms with Crippen LogP contribution in [-0.2, 0) is 9.59 Å². The van der Waals surface area contributed by atoms with Crippen LogP contribution in [0.1, 0.15) is 5.56 Å². The largest absolute Gasteiger partial charge is 0.490 e. The Bertz CT molecular complexity index is 977. The molecule has 0 atom stereocenters. The highest BCUT2D eigenvalue weighted by molar-refractivity contribution is 8.18. The van der Waals surface area contributed by atoms with Gasteiger partial charge in [-0.15, -0.1) is 0 Å². The number of ether oxygens (including phenoxy) is 2. The van der Waals surface area contributed by atoms with Crippen LogP contribution in [-0.4, -0.2) is 46.9 Å². The van der Waals surface area contributed by atoms with E-state index in [4.69, 9.17) is 26.2 Å². The Labute approximate surface area is 175 Å². The number of nitrogens with zero attached hydrogens (tertiary/aromatic N) is 1. The highest BCUT2D eigenvalue weighted by Crippen LogP contribution is 2.32. The molecule has 7 nitrogen and oxygen atoms in total. The monoisotopic (exact) mass is 433 g/mol. The third-order valence-corrected chi connectivity index (χ3v) is 5.02. The molecule has 0 radical (unpaired) electrons. The minimum Gasteiger partial charge on any atom is -0.490 e. The summed E-state index contributed by atoms with van der Waals surface area (Å²) < 4.78 is 10.7. The van der Waals surface area contributed by atoms with Crippen LogP contribution in [0, 0.1) is 0 Å². The number of carbonyl (C=O) groups excluding carboxylic acids is 2. The zero-order valence-electron chi connectivity index (χ0n) is 15.0. The van der Waals surface area contributed by atoms with Crippen molar-refractivity contribution in [3.05, 3.63) is 64.0 Å². The van der Waals surface area contributed by atoms with Crippen LogP contribution in [0.3, 0.4) is 0 Å². The Morgan fingerprint density at radius 1 is 1.14 bits per heavy atom. The second kappa shape index (κ2) is 9.49. The molecule has 0 spiro atoms. The molecular formula is C20H16ClNO6S. The Kier molecular flexibility index (Phi) is 6.79. The van der Waals surface area contributed by atoms with Crippen molar-refractivity contribution in [3.63, 3.8) is 0 Å². The minimum absolute atomic E-state index is 0.0923. The number of thioether (sulfide) groups is 1. The number of hydrogen-bond donors (Lipinski definition) is 1. The summed E-state index contributed by atoms with van der Waals surface area (Å²) in [4.78, 5) is 36.7. The second-order valence-electron chi connectivity index (χ2n) is 5.87. The van der Waals surface area contributed by atoms with Crippen LogP contribution in [0.15, 0.2) is 53.4 Å². The molecule has 29 heavy (non-hydrogen) atoms. The van der Waals surface area contributed by atoms with Gasteiger partial charge in [-0.3, -0.25) is 14.5 Å². The van der Waals surface area contributed by atoms with Crippen LogP contribution in [0.25, 0.3) is 6.08 Å². The van der Waals surface area contributed by atoms with E-state index in [1.165, 1.54) is 0 Å². The Morgan fingerprint density at radius 3 is 2.69 bits per heavy atom. The number of carboxylic acid groups (broad SMARTS) is 1. The fourth-order valence-electron chi connectivity index (χ4n) is 2.49. The minimum atomic E-state index is -1.09. The predicted octanol–water partition coefficient (Wildman–Crippen LogP) is 3.92. The van der Waals surface area contributed by atoms with Crippen molar-refractivity contribution in [2.45, 2.75) is 0 Å². The summed E-state index contributed by atoms with van der Waals surface area (Å²) in [5.41, 5.74) is 0.616. The van der Waals surface area contributed by atoms with Gasteiger partial charge < -0.3 is 14.6 Å². The van der Waals surface area contributed by atoms with E-state index in [-0.39, 0.29) is 23.3 Å². The molecule has 0 aromatic heterocycles. The van der Waals surface area contributed by atoms with Gasteiger partial charge in [0.15, 0.2) is 6.61 Å². The molecule has 1 aliphatic rings. The van der Waals surface area contributed by atoms with E-state index in [1.54, 1.807) is 54.6 Å². The van der Waals surface area contributed by atoms with Gasteiger partial charge in [-0.2, -0.15) is 0 Å². The number of imide groups is 1. The third-order valence-electron chi connectivity index (χ3n) is 3.80. The average molecular weight is 434 g/mol. The Hall–Kier alpha value is -2.97. The SMILES string of the molecule is O=C(O)COc1cccc(/C=C2\SC(=O)N(CCOc3ccccc3Cl)C2=O)c1. The number of carbonyl (C=O) groups is 3. The standard InChI is InChI=1S/C20H16ClNO6S/c21-15-6-1-2-7-16(15)27-9-8-22-19(25)17(29-20(22)26)11-13-4-3-5-14(10-13)28-12-18(23)24/h1-7,10-11H,8-9,12H2,(H,23,24)/b17-11-. The molecule has 1 N–H and O–H groups in total. The summed E-state index contributed by atoms with van der Waals surface area (Å²) in [6, 6.07) is 13.5.